The lowest BCUT2D eigenvalue weighted by Gasteiger charge is -2.22. The molecule has 0 bridgehead atoms. The van der Waals surface area contributed by atoms with E-state index in [4.69, 9.17) is 0 Å². The lowest BCUT2D eigenvalue weighted by molar-refractivity contribution is -0.121. The van der Waals surface area contributed by atoms with Crippen LogP contribution in [0.2, 0.25) is 0 Å². The topological polar surface area (TPSA) is 41.1 Å². The van der Waals surface area contributed by atoms with Gasteiger partial charge in [-0.25, -0.2) is 0 Å². The van der Waals surface area contributed by atoms with Crippen molar-refractivity contribution in [1.29, 1.82) is 0 Å². The molecule has 1 aliphatic rings. The monoisotopic (exact) mass is 342 g/mol. The maximum Gasteiger partial charge on any atom is 0.221 e. The lowest BCUT2D eigenvalue weighted by atomic mass is 9.87. The second-order valence-corrected chi connectivity index (χ2v) is 7.80. The van der Waals surface area contributed by atoms with Gasteiger partial charge in [-0.1, -0.05) is 45.0 Å². The Morgan fingerprint density at radius 2 is 2.00 bits per heavy atom. The van der Waals surface area contributed by atoms with Crippen LogP contribution in [0.4, 0.5) is 0 Å². The Bertz CT molecular complexity index is 465. The maximum atomic E-state index is 12.0. The summed E-state index contributed by atoms with van der Waals surface area (Å²) in [7, 11) is 0. The molecular weight excluding hydrogens is 316 g/mol. The first-order valence-electron chi connectivity index (χ1n) is 7.62. The average molecular weight is 343 g/mol. The fraction of sp³-hybridized carbons (Fsp3) is 0.588. The van der Waals surface area contributed by atoms with Crippen molar-refractivity contribution in [3.63, 3.8) is 0 Å². The molecule has 1 aromatic rings. The molecule has 0 saturated carbocycles. The quantitative estimate of drug-likeness (QED) is 0.883. The maximum absolute atomic E-state index is 12.0. The van der Waals surface area contributed by atoms with E-state index in [0.29, 0.717) is 19.0 Å². The molecule has 0 spiro atoms. The van der Waals surface area contributed by atoms with Crippen molar-refractivity contribution in [1.82, 2.24) is 10.6 Å². The number of hydrogen-bond acceptors (Lipinski definition) is 3. The summed E-state index contributed by atoms with van der Waals surface area (Å²) in [5.41, 5.74) is 2.65. The summed E-state index contributed by atoms with van der Waals surface area (Å²) in [6, 6.07) is 8.85. The Labute approximate surface area is 144 Å². The van der Waals surface area contributed by atoms with E-state index in [-0.39, 0.29) is 23.7 Å². The Hall–Kier alpha value is -0.710. The van der Waals surface area contributed by atoms with Crippen LogP contribution in [0.15, 0.2) is 24.3 Å². The predicted molar refractivity (Wildman–Crippen MR) is 98.0 cm³/mol. The summed E-state index contributed by atoms with van der Waals surface area (Å²) in [5, 5.41) is 6.41. The third-order valence-electron chi connectivity index (χ3n) is 3.74. The molecule has 0 radical (unpaired) electrons. The van der Waals surface area contributed by atoms with Crippen molar-refractivity contribution in [3.8, 4) is 0 Å². The number of carbonyl (C=O) groups excluding carboxylic acids is 1. The van der Waals surface area contributed by atoms with Crippen molar-refractivity contribution in [2.24, 2.45) is 0 Å². The molecule has 22 heavy (non-hydrogen) atoms. The van der Waals surface area contributed by atoms with E-state index >= 15 is 0 Å². The molecule has 1 aliphatic heterocycles. The summed E-state index contributed by atoms with van der Waals surface area (Å²) >= 11 is 1.92. The minimum atomic E-state index is 0. The van der Waals surface area contributed by atoms with Crippen LogP contribution in [-0.2, 0) is 16.8 Å². The van der Waals surface area contributed by atoms with Crippen molar-refractivity contribution in [2.45, 2.75) is 45.2 Å². The number of benzene rings is 1. The van der Waals surface area contributed by atoms with E-state index in [9.17, 15) is 4.79 Å². The summed E-state index contributed by atoms with van der Waals surface area (Å²) in [4.78, 5) is 12.0. The molecule has 2 rings (SSSR count). The van der Waals surface area contributed by atoms with Gasteiger partial charge in [-0.2, -0.15) is 11.8 Å². The molecule has 1 aromatic carbocycles. The number of amides is 1. The standard InChI is InChI=1S/C17H26N2OS.ClH/c1-17(2,3)14-6-4-13(5-7-14)11-19-16(20)10-15-12-21-9-8-18-15;/h4-7,15,18H,8-12H2,1-3H3,(H,19,20);1H. The smallest absolute Gasteiger partial charge is 0.221 e. The molecule has 2 N–H and O–H groups in total. The van der Waals surface area contributed by atoms with Crippen LogP contribution in [-0.4, -0.2) is 30.0 Å². The molecule has 3 nitrogen and oxygen atoms in total. The van der Waals surface area contributed by atoms with Gasteiger partial charge in [0.15, 0.2) is 0 Å². The Kier molecular flexibility index (Phi) is 7.74. The average Bonchev–Trinajstić information content (AvgIpc) is 2.46. The molecule has 1 fully saturated rings. The summed E-state index contributed by atoms with van der Waals surface area (Å²) in [5.74, 6) is 2.32. The van der Waals surface area contributed by atoms with Gasteiger partial charge in [0.1, 0.15) is 0 Å². The normalized spacial score (nSPS) is 18.4. The first-order valence-corrected chi connectivity index (χ1v) is 8.78. The molecule has 1 amide bonds. The third kappa shape index (κ3) is 6.19. The number of carbonyl (C=O) groups is 1. The van der Waals surface area contributed by atoms with E-state index in [1.807, 2.05) is 11.8 Å². The fourth-order valence-electron chi connectivity index (χ4n) is 2.37. The number of halogens is 1. The second kappa shape index (κ2) is 8.80. The predicted octanol–water partition coefficient (Wildman–Crippen LogP) is 3.12. The van der Waals surface area contributed by atoms with Crippen molar-refractivity contribution in [3.05, 3.63) is 35.4 Å². The van der Waals surface area contributed by atoms with Gasteiger partial charge in [-0.3, -0.25) is 4.79 Å². The van der Waals surface area contributed by atoms with Crippen LogP contribution >= 0.6 is 24.2 Å². The number of thioether (sulfide) groups is 1. The van der Waals surface area contributed by atoms with Gasteiger partial charge < -0.3 is 10.6 Å². The zero-order valence-electron chi connectivity index (χ0n) is 13.6. The van der Waals surface area contributed by atoms with Crippen LogP contribution in [0.25, 0.3) is 0 Å². The van der Waals surface area contributed by atoms with Crippen LogP contribution in [0.1, 0.15) is 38.3 Å². The molecule has 1 unspecified atom stereocenters. The zero-order valence-corrected chi connectivity index (χ0v) is 15.3. The van der Waals surface area contributed by atoms with Gasteiger partial charge in [0.05, 0.1) is 0 Å². The molecule has 0 aromatic heterocycles. The molecule has 1 saturated heterocycles. The number of hydrogen-bond donors (Lipinski definition) is 2. The SMILES string of the molecule is CC(C)(C)c1ccc(CNC(=O)CC2CSCCN2)cc1.Cl. The molecule has 1 heterocycles. The minimum absolute atomic E-state index is 0. The fourth-order valence-corrected chi connectivity index (χ4v) is 3.32. The number of rotatable bonds is 4. The summed E-state index contributed by atoms with van der Waals surface area (Å²) in [6.07, 6.45) is 0.576. The largest absolute Gasteiger partial charge is 0.352 e. The van der Waals surface area contributed by atoms with Crippen LogP contribution in [0.5, 0.6) is 0 Å². The first-order chi connectivity index (χ1) is 9.95. The Morgan fingerprint density at radius 1 is 1.32 bits per heavy atom. The highest BCUT2D eigenvalue weighted by atomic mass is 35.5. The van der Waals surface area contributed by atoms with Gasteiger partial charge >= 0.3 is 0 Å². The van der Waals surface area contributed by atoms with E-state index in [0.717, 1.165) is 23.6 Å². The summed E-state index contributed by atoms with van der Waals surface area (Å²) < 4.78 is 0. The van der Waals surface area contributed by atoms with E-state index in [2.05, 4.69) is 55.7 Å². The molecule has 1 atom stereocenters. The van der Waals surface area contributed by atoms with E-state index in [1.165, 1.54) is 5.56 Å². The number of nitrogens with one attached hydrogen (secondary N) is 2. The van der Waals surface area contributed by atoms with Crippen LogP contribution < -0.4 is 10.6 Å². The molecule has 0 aliphatic carbocycles. The Morgan fingerprint density at radius 3 is 2.55 bits per heavy atom. The van der Waals surface area contributed by atoms with E-state index < -0.39 is 0 Å². The Balaban J connectivity index is 0.00000242. The van der Waals surface area contributed by atoms with Crippen molar-refractivity contribution < 1.29 is 4.79 Å². The molecular formula is C17H27ClN2OS. The third-order valence-corrected chi connectivity index (χ3v) is 4.87. The summed E-state index contributed by atoms with van der Waals surface area (Å²) in [6.45, 7) is 8.25. The van der Waals surface area contributed by atoms with E-state index in [1.54, 1.807) is 0 Å². The minimum Gasteiger partial charge on any atom is -0.352 e. The highest BCUT2D eigenvalue weighted by Crippen LogP contribution is 2.22. The van der Waals surface area contributed by atoms with Gasteiger partial charge in [-0.15, -0.1) is 12.4 Å². The van der Waals surface area contributed by atoms with Gasteiger partial charge in [0, 0.05) is 37.1 Å². The highest BCUT2D eigenvalue weighted by Gasteiger charge is 2.16. The van der Waals surface area contributed by atoms with Gasteiger partial charge in [0.25, 0.3) is 0 Å². The highest BCUT2D eigenvalue weighted by molar-refractivity contribution is 7.99. The van der Waals surface area contributed by atoms with Crippen LogP contribution in [0, 0.1) is 0 Å². The first kappa shape index (κ1) is 19.3. The van der Waals surface area contributed by atoms with Crippen molar-refractivity contribution in [2.75, 3.05) is 18.1 Å². The van der Waals surface area contributed by atoms with Crippen LogP contribution in [0.3, 0.4) is 0 Å². The lowest BCUT2D eigenvalue weighted by Crippen LogP contribution is -2.41. The molecule has 5 heteroatoms. The zero-order chi connectivity index (χ0) is 15.3. The van der Waals surface area contributed by atoms with Crippen molar-refractivity contribution >= 4 is 30.1 Å². The second-order valence-electron chi connectivity index (χ2n) is 6.65. The van der Waals surface area contributed by atoms with Gasteiger partial charge in [-0.05, 0) is 16.5 Å². The van der Waals surface area contributed by atoms with Gasteiger partial charge in [0.2, 0.25) is 5.91 Å². The molecule has 124 valence electrons.